The van der Waals surface area contributed by atoms with Crippen molar-refractivity contribution >= 4 is 11.9 Å². The summed E-state index contributed by atoms with van der Waals surface area (Å²) in [6.07, 6.45) is 5.24. The van der Waals surface area contributed by atoms with E-state index >= 15 is 0 Å². The van der Waals surface area contributed by atoms with Crippen LogP contribution < -0.4 is 10.0 Å². The zero-order valence-electron chi connectivity index (χ0n) is 26.1. The Labute approximate surface area is 264 Å². The number of rotatable bonds is 12. The minimum Gasteiger partial charge on any atom is -0.550 e. The number of methoxy groups -OCH3 is 1. The molecule has 3 fully saturated rings. The van der Waals surface area contributed by atoms with Crippen molar-refractivity contribution in [1.29, 1.82) is 0 Å². The number of quaternary nitrogens is 1. The van der Waals surface area contributed by atoms with Gasteiger partial charge in [0.05, 0.1) is 57.1 Å². The Balaban J connectivity index is 1.69. The molecule has 13 nitrogen and oxygen atoms in total. The van der Waals surface area contributed by atoms with E-state index in [0.29, 0.717) is 26.1 Å². The van der Waals surface area contributed by atoms with E-state index in [1.165, 1.54) is 18.9 Å². The van der Waals surface area contributed by atoms with Crippen LogP contribution in [0.5, 0.6) is 0 Å². The van der Waals surface area contributed by atoms with Gasteiger partial charge in [-0.05, 0) is 39.0 Å². The van der Waals surface area contributed by atoms with Gasteiger partial charge < -0.3 is 58.9 Å². The van der Waals surface area contributed by atoms with Crippen LogP contribution in [-0.4, -0.2) is 116 Å². The van der Waals surface area contributed by atoms with Crippen LogP contribution in [0.2, 0.25) is 0 Å². The third-order valence-corrected chi connectivity index (χ3v) is 9.28. The molecule has 0 aromatic carbocycles. The maximum absolute atomic E-state index is 13.0. The topological polar surface area (TPSA) is 189 Å². The molecule has 11 unspecified atom stereocenters. The molecule has 0 bridgehead atoms. The number of aliphatic hydroxyl groups is 4. The van der Waals surface area contributed by atoms with E-state index in [2.05, 4.69) is 6.08 Å². The number of carbonyl (C=O) groups excluding carboxylic acids is 2. The van der Waals surface area contributed by atoms with E-state index in [1.54, 1.807) is 6.92 Å². The van der Waals surface area contributed by atoms with Gasteiger partial charge in [-0.3, -0.25) is 0 Å². The van der Waals surface area contributed by atoms with Crippen LogP contribution in [0.25, 0.3) is 0 Å². The number of hydrogen-bond donors (Lipinski definition) is 5. The summed E-state index contributed by atoms with van der Waals surface area (Å²) >= 11 is 0. The van der Waals surface area contributed by atoms with Gasteiger partial charge in [0.15, 0.2) is 6.29 Å². The highest BCUT2D eigenvalue weighted by molar-refractivity contribution is 5.89. The molecule has 254 valence electrons. The van der Waals surface area contributed by atoms with Crippen molar-refractivity contribution < 1.29 is 63.7 Å². The molecule has 1 aliphatic carbocycles. The number of nitrogens with one attached hydrogen (secondary N) is 1. The molecule has 11 atom stereocenters. The molecule has 13 heteroatoms. The monoisotopic (exact) mass is 639 g/mol. The summed E-state index contributed by atoms with van der Waals surface area (Å²) in [6, 6.07) is 0. The van der Waals surface area contributed by atoms with Crippen molar-refractivity contribution in [3.63, 3.8) is 0 Å². The molecule has 1 saturated carbocycles. The highest BCUT2D eigenvalue weighted by Gasteiger charge is 2.48. The number of hydrogen-bond acceptors (Lipinski definition) is 12. The van der Waals surface area contributed by atoms with E-state index < -0.39 is 73.3 Å². The van der Waals surface area contributed by atoms with E-state index in [1.807, 2.05) is 12.2 Å². The summed E-state index contributed by atoms with van der Waals surface area (Å²) < 4.78 is 29.0. The molecule has 4 rings (SSSR count). The highest BCUT2D eigenvalue weighted by atomic mass is 16.8. The number of piperidine rings is 1. The minimum atomic E-state index is -1.40. The van der Waals surface area contributed by atoms with Gasteiger partial charge in [0.1, 0.15) is 31.0 Å². The molecule has 0 amide bonds. The Morgan fingerprint density at radius 3 is 2.49 bits per heavy atom. The van der Waals surface area contributed by atoms with Crippen LogP contribution in [0.3, 0.4) is 0 Å². The molecule has 4 aliphatic rings. The zero-order chi connectivity index (χ0) is 32.5. The average Bonchev–Trinajstić information content (AvgIpc) is 3.04. The van der Waals surface area contributed by atoms with E-state index in [-0.39, 0.29) is 24.7 Å². The number of likely N-dealkylation sites (tertiary alicyclic amines) is 1. The van der Waals surface area contributed by atoms with Crippen molar-refractivity contribution in [1.82, 2.24) is 0 Å². The first-order valence-electron chi connectivity index (χ1n) is 16.1. The summed E-state index contributed by atoms with van der Waals surface area (Å²) in [5.74, 6) is -3.68. The number of carboxylic acid groups (broad SMARTS) is 1. The number of aliphatic carboxylic acids is 1. The van der Waals surface area contributed by atoms with E-state index in [9.17, 15) is 35.1 Å². The van der Waals surface area contributed by atoms with Gasteiger partial charge in [-0.2, -0.15) is 0 Å². The van der Waals surface area contributed by atoms with Gasteiger partial charge in [-0.25, -0.2) is 4.79 Å². The van der Waals surface area contributed by atoms with E-state index in [4.69, 9.17) is 23.7 Å². The minimum absolute atomic E-state index is 0.0652. The number of allylic oxidation sites excluding steroid dienone is 2. The Kier molecular flexibility index (Phi) is 13.4. The molecule has 2 saturated heterocycles. The van der Waals surface area contributed by atoms with Gasteiger partial charge in [0, 0.05) is 24.4 Å². The van der Waals surface area contributed by atoms with Gasteiger partial charge in [-0.1, -0.05) is 30.2 Å². The fourth-order valence-corrected chi connectivity index (χ4v) is 6.94. The molecular weight excluding hydrogens is 590 g/mol. The number of esters is 1. The first-order chi connectivity index (χ1) is 21.7. The summed E-state index contributed by atoms with van der Waals surface area (Å²) in [6.45, 7) is 2.71. The van der Waals surface area contributed by atoms with Crippen molar-refractivity contribution in [3.05, 3.63) is 35.6 Å². The molecular formula is C32H49NO12. The lowest BCUT2D eigenvalue weighted by Crippen LogP contribution is -3.15. The third-order valence-electron chi connectivity index (χ3n) is 9.28. The predicted octanol–water partition coefficient (Wildman–Crippen LogP) is -1.80. The average molecular weight is 640 g/mol. The van der Waals surface area contributed by atoms with Crippen molar-refractivity contribution in [2.45, 2.75) is 82.4 Å². The van der Waals surface area contributed by atoms with Crippen LogP contribution in [0.4, 0.5) is 0 Å². The molecule has 0 radical (unpaired) electrons. The number of aliphatic hydroxyl groups excluding tert-OH is 4. The second-order valence-electron chi connectivity index (χ2n) is 12.3. The molecule has 45 heavy (non-hydrogen) atoms. The highest BCUT2D eigenvalue weighted by Crippen LogP contribution is 2.39. The Hall–Kier alpha value is -2.36. The van der Waals surface area contributed by atoms with Gasteiger partial charge >= 0.3 is 5.97 Å². The Morgan fingerprint density at radius 1 is 1.09 bits per heavy atom. The van der Waals surface area contributed by atoms with E-state index in [0.717, 1.165) is 37.0 Å². The van der Waals surface area contributed by atoms with Crippen LogP contribution in [-0.2, 0) is 33.3 Å². The smallest absolute Gasteiger partial charge is 0.337 e. The lowest BCUT2D eigenvalue weighted by molar-refractivity contribution is -0.911. The summed E-state index contributed by atoms with van der Waals surface area (Å²) in [4.78, 5) is 25.8. The number of carbonyl (C=O) groups is 2. The summed E-state index contributed by atoms with van der Waals surface area (Å²) in [5, 5.41) is 52.3. The SMILES string of the molecule is CCOC1C(OC2OC=C(C(=O)OC)C(C=CC3CC(C(=O)[O-])C[NH+](CCO)C3)C2C=C2CCCCC2)OC(CO)C(O)C1O. The summed E-state index contributed by atoms with van der Waals surface area (Å²) in [5.41, 5.74) is 1.45. The lowest BCUT2D eigenvalue weighted by Gasteiger charge is -2.44. The number of carboxylic acids is 1. The maximum Gasteiger partial charge on any atom is 0.337 e. The van der Waals surface area contributed by atoms with Crippen molar-refractivity contribution in [3.8, 4) is 0 Å². The fraction of sp³-hybridized carbons (Fsp3) is 0.750. The van der Waals surface area contributed by atoms with Gasteiger partial charge in [-0.15, -0.1) is 0 Å². The van der Waals surface area contributed by atoms with Gasteiger partial charge in [0.25, 0.3) is 0 Å². The second-order valence-corrected chi connectivity index (χ2v) is 12.3. The number of ether oxygens (including phenoxy) is 5. The Morgan fingerprint density at radius 2 is 1.84 bits per heavy atom. The van der Waals surface area contributed by atoms with Crippen LogP contribution in [0.1, 0.15) is 45.4 Å². The van der Waals surface area contributed by atoms with Gasteiger partial charge in [0.2, 0.25) is 6.29 Å². The molecule has 5 N–H and O–H groups in total. The first-order valence-corrected chi connectivity index (χ1v) is 16.1. The molecule has 0 aromatic heterocycles. The van der Waals surface area contributed by atoms with Crippen LogP contribution in [0, 0.1) is 23.7 Å². The molecule has 0 aromatic rings. The second kappa shape index (κ2) is 17.0. The molecule has 3 heterocycles. The summed E-state index contributed by atoms with van der Waals surface area (Å²) in [7, 11) is 1.28. The zero-order valence-corrected chi connectivity index (χ0v) is 26.1. The molecule has 3 aliphatic heterocycles. The lowest BCUT2D eigenvalue weighted by atomic mass is 9.79. The predicted molar refractivity (Wildman–Crippen MR) is 156 cm³/mol. The van der Waals surface area contributed by atoms with Crippen molar-refractivity contribution in [2.75, 3.05) is 46.6 Å². The third kappa shape index (κ3) is 8.92. The normalized spacial score (nSPS) is 37.5. The van der Waals surface area contributed by atoms with Crippen LogP contribution in [0.15, 0.2) is 35.6 Å². The van der Waals surface area contributed by atoms with Crippen molar-refractivity contribution in [2.24, 2.45) is 23.7 Å². The fourth-order valence-electron chi connectivity index (χ4n) is 6.94. The Bertz CT molecular complexity index is 1070. The first kappa shape index (κ1) is 35.5. The molecule has 0 spiro atoms. The quantitative estimate of drug-likeness (QED) is 0.119. The maximum atomic E-state index is 13.0. The largest absolute Gasteiger partial charge is 0.550 e. The van der Waals surface area contributed by atoms with Crippen LogP contribution >= 0.6 is 0 Å². The standard InChI is InChI=1S/C32H49NO12/c1-3-42-28-27(37)26(36)25(17-35)44-32(28)45-31-23(14-19-7-5-4-6-8-19)22(24(18-43-31)30(40)41-2)10-9-20-13-21(29(38)39)16-33(15-20)11-12-34/h9-10,14,18,20-23,25-28,31-32,34-37H,3-8,11-13,15-17H2,1-2H3,(H,38,39).